The smallest absolute Gasteiger partial charge is 0.417 e. The Hall–Kier alpha value is -3.92. The molecule has 0 radical (unpaired) electrons. The second kappa shape index (κ2) is 10.8. The molecule has 0 spiro atoms. The summed E-state index contributed by atoms with van der Waals surface area (Å²) in [6.45, 7) is 4.00. The number of Topliss-reactive ketones (excluding diaryl/α,β-unsaturated/α-hetero) is 1. The number of aromatic nitrogens is 1. The molecule has 0 aliphatic carbocycles. The molecule has 0 saturated carbocycles. The fourth-order valence-corrected chi connectivity index (χ4v) is 3.64. The molecule has 1 aromatic heterocycles. The van der Waals surface area contributed by atoms with E-state index in [4.69, 9.17) is 16.7 Å². The minimum Gasteiger partial charge on any atom is -0.465 e. The standard InChI is InChI=1S/C25H21ClF3N3O4/c1-13(2)19-9-15(6-7-30-19)14-4-3-5-16(8-14)22(33)12-23(34)31-20-10-17(25(27,28)29)18(26)11-21(20)32-24(35)36/h3-11,13,32H,12H2,1-2H3,(H,31,34)(H,35,36). The summed E-state index contributed by atoms with van der Waals surface area (Å²) < 4.78 is 39.7. The third-order valence-corrected chi connectivity index (χ3v) is 5.45. The predicted molar refractivity (Wildman–Crippen MR) is 129 cm³/mol. The van der Waals surface area contributed by atoms with Gasteiger partial charge in [0.2, 0.25) is 5.91 Å². The molecule has 36 heavy (non-hydrogen) atoms. The molecule has 0 fully saturated rings. The van der Waals surface area contributed by atoms with Crippen molar-refractivity contribution in [2.45, 2.75) is 32.4 Å². The first-order chi connectivity index (χ1) is 16.8. The van der Waals surface area contributed by atoms with Crippen molar-refractivity contribution in [2.24, 2.45) is 0 Å². The van der Waals surface area contributed by atoms with Gasteiger partial charge in [0.15, 0.2) is 5.78 Å². The summed E-state index contributed by atoms with van der Waals surface area (Å²) in [6, 6.07) is 11.5. The largest absolute Gasteiger partial charge is 0.465 e. The predicted octanol–water partition coefficient (Wildman–Crippen LogP) is 6.85. The highest BCUT2D eigenvalue weighted by Crippen LogP contribution is 2.39. The van der Waals surface area contributed by atoms with Gasteiger partial charge in [-0.05, 0) is 47.4 Å². The van der Waals surface area contributed by atoms with Gasteiger partial charge < -0.3 is 10.4 Å². The Morgan fingerprint density at radius 2 is 1.67 bits per heavy atom. The molecule has 0 saturated heterocycles. The molecule has 0 bridgehead atoms. The number of benzene rings is 2. The molecule has 2 amide bonds. The molecular weight excluding hydrogens is 499 g/mol. The number of nitrogens with one attached hydrogen (secondary N) is 2. The van der Waals surface area contributed by atoms with E-state index < -0.39 is 46.7 Å². The Labute approximate surface area is 209 Å². The third-order valence-electron chi connectivity index (χ3n) is 5.14. The van der Waals surface area contributed by atoms with Gasteiger partial charge in [-0.15, -0.1) is 0 Å². The molecule has 0 aliphatic heterocycles. The topological polar surface area (TPSA) is 108 Å². The van der Waals surface area contributed by atoms with Crippen LogP contribution in [0.15, 0.2) is 54.7 Å². The number of hydrogen-bond donors (Lipinski definition) is 3. The van der Waals surface area contributed by atoms with Crippen LogP contribution in [-0.4, -0.2) is 27.9 Å². The van der Waals surface area contributed by atoms with Crippen LogP contribution in [0.3, 0.4) is 0 Å². The van der Waals surface area contributed by atoms with Crippen LogP contribution in [0, 0.1) is 0 Å². The maximum Gasteiger partial charge on any atom is 0.417 e. The number of alkyl halides is 3. The number of ketones is 1. The number of rotatable bonds is 7. The van der Waals surface area contributed by atoms with Crippen molar-refractivity contribution >= 4 is 40.8 Å². The van der Waals surface area contributed by atoms with Crippen LogP contribution in [0.1, 0.15) is 47.8 Å². The van der Waals surface area contributed by atoms with Gasteiger partial charge in [0, 0.05) is 17.5 Å². The molecule has 0 aliphatic rings. The molecule has 2 aromatic carbocycles. The van der Waals surface area contributed by atoms with E-state index in [1.807, 2.05) is 25.2 Å². The Bertz CT molecular complexity index is 1330. The van der Waals surface area contributed by atoms with Gasteiger partial charge >= 0.3 is 12.3 Å². The monoisotopic (exact) mass is 519 g/mol. The zero-order chi connectivity index (χ0) is 26.6. The quantitative estimate of drug-likeness (QED) is 0.234. The van der Waals surface area contributed by atoms with E-state index in [0.29, 0.717) is 6.07 Å². The van der Waals surface area contributed by atoms with Gasteiger partial charge in [0.25, 0.3) is 0 Å². The lowest BCUT2D eigenvalue weighted by molar-refractivity contribution is -0.137. The molecule has 7 nitrogen and oxygen atoms in total. The Kier molecular flexibility index (Phi) is 7.99. The van der Waals surface area contributed by atoms with Gasteiger partial charge in [-0.25, -0.2) is 4.79 Å². The summed E-state index contributed by atoms with van der Waals surface area (Å²) in [5.74, 6) is -1.31. The highest BCUT2D eigenvalue weighted by molar-refractivity contribution is 6.32. The van der Waals surface area contributed by atoms with Crippen LogP contribution < -0.4 is 10.6 Å². The second-order valence-electron chi connectivity index (χ2n) is 8.16. The average molecular weight is 520 g/mol. The summed E-state index contributed by atoms with van der Waals surface area (Å²) in [6.07, 6.45) is -5.45. The summed E-state index contributed by atoms with van der Waals surface area (Å²) in [5.41, 5.74) is 0.523. The van der Waals surface area contributed by atoms with Crippen molar-refractivity contribution in [3.05, 3.63) is 76.6 Å². The molecule has 3 rings (SSSR count). The van der Waals surface area contributed by atoms with E-state index >= 15 is 0 Å². The minimum absolute atomic E-state index is 0.199. The molecule has 3 N–H and O–H groups in total. The number of halogens is 4. The van der Waals surface area contributed by atoms with Crippen molar-refractivity contribution in [2.75, 3.05) is 10.6 Å². The van der Waals surface area contributed by atoms with Crippen LogP contribution in [-0.2, 0) is 11.0 Å². The number of carbonyl (C=O) groups is 3. The second-order valence-corrected chi connectivity index (χ2v) is 8.57. The molecule has 0 unspecified atom stereocenters. The van der Waals surface area contributed by atoms with Gasteiger partial charge in [-0.3, -0.25) is 19.9 Å². The van der Waals surface area contributed by atoms with Crippen molar-refractivity contribution in [3.8, 4) is 11.1 Å². The zero-order valence-electron chi connectivity index (χ0n) is 19.1. The van der Waals surface area contributed by atoms with Gasteiger partial charge in [-0.2, -0.15) is 13.2 Å². The summed E-state index contributed by atoms with van der Waals surface area (Å²) in [4.78, 5) is 40.6. The molecule has 3 aromatic rings. The van der Waals surface area contributed by atoms with Crippen LogP contribution in [0.5, 0.6) is 0 Å². The van der Waals surface area contributed by atoms with Crippen molar-refractivity contribution in [1.29, 1.82) is 0 Å². The number of nitrogens with zero attached hydrogens (tertiary/aromatic N) is 1. The minimum atomic E-state index is -4.85. The Balaban J connectivity index is 1.82. The van der Waals surface area contributed by atoms with E-state index in [9.17, 15) is 27.6 Å². The number of carboxylic acid groups (broad SMARTS) is 1. The SMILES string of the molecule is CC(C)c1cc(-c2cccc(C(=O)CC(=O)Nc3cc(C(F)(F)F)c(Cl)cc3NC(=O)O)c2)ccn1. The van der Waals surface area contributed by atoms with Crippen LogP contribution in [0.2, 0.25) is 5.02 Å². The first kappa shape index (κ1) is 26.7. The van der Waals surface area contributed by atoms with Gasteiger partial charge in [-0.1, -0.05) is 43.6 Å². The molecule has 0 atom stereocenters. The van der Waals surface area contributed by atoms with E-state index in [1.54, 1.807) is 30.5 Å². The summed E-state index contributed by atoms with van der Waals surface area (Å²) in [7, 11) is 0. The average Bonchev–Trinajstić information content (AvgIpc) is 2.79. The summed E-state index contributed by atoms with van der Waals surface area (Å²) in [5, 5.41) is 12.3. The van der Waals surface area contributed by atoms with Gasteiger partial charge in [0.05, 0.1) is 28.4 Å². The highest BCUT2D eigenvalue weighted by atomic mass is 35.5. The third kappa shape index (κ3) is 6.60. The number of amides is 2. The van der Waals surface area contributed by atoms with Crippen LogP contribution in [0.4, 0.5) is 29.3 Å². The zero-order valence-corrected chi connectivity index (χ0v) is 19.9. The molecule has 188 valence electrons. The van der Waals surface area contributed by atoms with Gasteiger partial charge in [0.1, 0.15) is 0 Å². The summed E-state index contributed by atoms with van der Waals surface area (Å²) >= 11 is 5.64. The lowest BCUT2D eigenvalue weighted by Gasteiger charge is -2.16. The molecule has 1 heterocycles. The maximum atomic E-state index is 13.2. The Morgan fingerprint density at radius 1 is 1.00 bits per heavy atom. The molecule has 11 heteroatoms. The highest BCUT2D eigenvalue weighted by Gasteiger charge is 2.34. The van der Waals surface area contributed by atoms with Crippen LogP contribution in [0.25, 0.3) is 11.1 Å². The number of anilines is 2. The number of hydrogen-bond acceptors (Lipinski definition) is 4. The van der Waals surface area contributed by atoms with Crippen molar-refractivity contribution in [3.63, 3.8) is 0 Å². The van der Waals surface area contributed by atoms with E-state index in [-0.39, 0.29) is 17.2 Å². The normalized spacial score (nSPS) is 11.3. The lowest BCUT2D eigenvalue weighted by atomic mass is 9.98. The first-order valence-electron chi connectivity index (χ1n) is 10.6. The number of pyridine rings is 1. The van der Waals surface area contributed by atoms with E-state index in [2.05, 4.69) is 10.3 Å². The Morgan fingerprint density at radius 3 is 2.31 bits per heavy atom. The van der Waals surface area contributed by atoms with E-state index in [1.165, 1.54) is 6.07 Å². The first-order valence-corrected chi connectivity index (χ1v) is 11.0. The fourth-order valence-electron chi connectivity index (χ4n) is 3.37. The number of carbonyl (C=O) groups excluding carboxylic acids is 2. The molecular formula is C25H21ClF3N3O4. The lowest BCUT2D eigenvalue weighted by Crippen LogP contribution is -2.19. The fraction of sp³-hybridized carbons (Fsp3) is 0.200. The van der Waals surface area contributed by atoms with E-state index in [0.717, 1.165) is 22.9 Å². The van der Waals surface area contributed by atoms with Crippen molar-refractivity contribution < 1.29 is 32.7 Å². The van der Waals surface area contributed by atoms with Crippen LogP contribution >= 0.6 is 11.6 Å². The maximum absolute atomic E-state index is 13.2. The van der Waals surface area contributed by atoms with Crippen molar-refractivity contribution in [1.82, 2.24) is 4.98 Å².